The maximum absolute atomic E-state index is 13.6. The van der Waals surface area contributed by atoms with Crippen LogP contribution in [0.5, 0.6) is 0 Å². The van der Waals surface area contributed by atoms with Gasteiger partial charge in [-0.2, -0.15) is 0 Å². The zero-order chi connectivity index (χ0) is 21.7. The van der Waals surface area contributed by atoms with Crippen molar-refractivity contribution in [3.05, 3.63) is 66.7 Å². The van der Waals surface area contributed by atoms with Crippen molar-refractivity contribution in [2.24, 2.45) is 0 Å². The summed E-state index contributed by atoms with van der Waals surface area (Å²) in [6.45, 7) is 3.68. The van der Waals surface area contributed by atoms with Crippen LogP contribution in [0.15, 0.2) is 61.1 Å². The van der Waals surface area contributed by atoms with Crippen molar-refractivity contribution in [2.75, 3.05) is 28.2 Å². The molecule has 32 heavy (non-hydrogen) atoms. The number of fused-ring (bicyclic) bond motifs is 5. The Kier molecular flexibility index (Phi) is 4.24. The SMILES string of the molecule is Cc1cc(-c2ccc3c(n2)N(C(=O)Nc2cccc4nccnc24)C2CCN3C2)ccn1. The number of benzene rings is 1. The van der Waals surface area contributed by atoms with E-state index in [9.17, 15) is 4.79 Å². The number of rotatable bonds is 2. The molecule has 6 rings (SSSR count). The van der Waals surface area contributed by atoms with Gasteiger partial charge in [-0.3, -0.25) is 19.9 Å². The highest BCUT2D eigenvalue weighted by molar-refractivity contribution is 6.08. The summed E-state index contributed by atoms with van der Waals surface area (Å²) < 4.78 is 0. The lowest BCUT2D eigenvalue weighted by Gasteiger charge is -2.36. The fourth-order valence-electron chi connectivity index (χ4n) is 4.61. The maximum atomic E-state index is 13.6. The van der Waals surface area contributed by atoms with E-state index in [2.05, 4.69) is 31.2 Å². The number of hydrogen-bond acceptors (Lipinski definition) is 6. The molecule has 2 aliphatic rings. The number of carbonyl (C=O) groups is 1. The number of aromatic nitrogens is 4. The fourth-order valence-corrected chi connectivity index (χ4v) is 4.61. The third kappa shape index (κ3) is 3.03. The monoisotopic (exact) mass is 423 g/mol. The number of nitrogens with one attached hydrogen (secondary N) is 1. The molecular weight excluding hydrogens is 402 g/mol. The van der Waals surface area contributed by atoms with E-state index in [1.807, 2.05) is 48.2 Å². The molecule has 1 N–H and O–H groups in total. The minimum Gasteiger partial charge on any atom is -0.366 e. The second-order valence-electron chi connectivity index (χ2n) is 8.14. The van der Waals surface area contributed by atoms with Crippen LogP contribution in [-0.2, 0) is 0 Å². The molecule has 1 fully saturated rings. The Morgan fingerprint density at radius 2 is 1.97 bits per heavy atom. The Morgan fingerprint density at radius 1 is 1.06 bits per heavy atom. The normalized spacial score (nSPS) is 16.8. The van der Waals surface area contributed by atoms with Gasteiger partial charge in [-0.15, -0.1) is 0 Å². The topological polar surface area (TPSA) is 87.1 Å². The van der Waals surface area contributed by atoms with Crippen LogP contribution in [0.25, 0.3) is 22.3 Å². The highest BCUT2D eigenvalue weighted by Gasteiger charge is 2.40. The Labute approximate surface area is 185 Å². The smallest absolute Gasteiger partial charge is 0.327 e. The molecule has 1 aromatic carbocycles. The van der Waals surface area contributed by atoms with Gasteiger partial charge >= 0.3 is 6.03 Å². The van der Waals surface area contributed by atoms with Gasteiger partial charge in [0, 0.05) is 42.9 Å². The first-order valence-electron chi connectivity index (χ1n) is 10.7. The van der Waals surface area contributed by atoms with Gasteiger partial charge in [0.1, 0.15) is 5.52 Å². The maximum Gasteiger partial charge on any atom is 0.327 e. The number of hydrogen-bond donors (Lipinski definition) is 1. The number of carbonyl (C=O) groups excluding carboxylic acids is 1. The molecule has 8 nitrogen and oxygen atoms in total. The second kappa shape index (κ2) is 7.26. The summed E-state index contributed by atoms with van der Waals surface area (Å²) in [7, 11) is 0. The average Bonchev–Trinajstić information content (AvgIpc) is 3.23. The molecule has 0 spiro atoms. The van der Waals surface area contributed by atoms with Crippen molar-refractivity contribution < 1.29 is 4.79 Å². The van der Waals surface area contributed by atoms with E-state index in [4.69, 9.17) is 4.98 Å². The third-order valence-corrected chi connectivity index (χ3v) is 6.10. The number of urea groups is 1. The third-order valence-electron chi connectivity index (χ3n) is 6.10. The summed E-state index contributed by atoms with van der Waals surface area (Å²) in [6.07, 6.45) is 5.97. The van der Waals surface area contributed by atoms with Crippen LogP contribution in [-0.4, -0.2) is 45.1 Å². The van der Waals surface area contributed by atoms with Gasteiger partial charge in [-0.05, 0) is 49.7 Å². The summed E-state index contributed by atoms with van der Waals surface area (Å²) >= 11 is 0. The second-order valence-corrected chi connectivity index (χ2v) is 8.14. The van der Waals surface area contributed by atoms with Crippen LogP contribution < -0.4 is 15.1 Å². The molecule has 2 bridgehead atoms. The highest BCUT2D eigenvalue weighted by atomic mass is 16.2. The number of aryl methyl sites for hydroxylation is 1. The molecule has 5 heterocycles. The molecule has 0 saturated carbocycles. The molecule has 3 aromatic heterocycles. The summed E-state index contributed by atoms with van der Waals surface area (Å²) in [4.78, 5) is 35.6. The van der Waals surface area contributed by atoms with E-state index >= 15 is 0 Å². The lowest BCUT2D eigenvalue weighted by atomic mass is 10.1. The molecule has 1 unspecified atom stereocenters. The van der Waals surface area contributed by atoms with Crippen molar-refractivity contribution in [1.29, 1.82) is 0 Å². The largest absolute Gasteiger partial charge is 0.366 e. The van der Waals surface area contributed by atoms with Gasteiger partial charge in [-0.1, -0.05) is 6.07 Å². The molecule has 8 heteroatoms. The first-order chi connectivity index (χ1) is 15.7. The van der Waals surface area contributed by atoms with Gasteiger partial charge in [0.25, 0.3) is 0 Å². The molecule has 2 aliphatic heterocycles. The minimum atomic E-state index is -0.202. The number of nitrogens with zero attached hydrogens (tertiary/aromatic N) is 6. The van der Waals surface area contributed by atoms with E-state index in [1.54, 1.807) is 18.6 Å². The number of amides is 2. The van der Waals surface area contributed by atoms with Gasteiger partial charge in [0.15, 0.2) is 5.82 Å². The van der Waals surface area contributed by atoms with E-state index in [1.165, 1.54) is 0 Å². The van der Waals surface area contributed by atoms with Crippen molar-refractivity contribution in [2.45, 2.75) is 19.4 Å². The van der Waals surface area contributed by atoms with Gasteiger partial charge in [0.05, 0.1) is 28.6 Å². The number of para-hydroxylation sites is 1. The van der Waals surface area contributed by atoms with E-state index < -0.39 is 0 Å². The Morgan fingerprint density at radius 3 is 2.88 bits per heavy atom. The lowest BCUT2D eigenvalue weighted by molar-refractivity contribution is 0.255. The molecule has 1 atom stereocenters. The van der Waals surface area contributed by atoms with Crippen molar-refractivity contribution in [1.82, 2.24) is 19.9 Å². The zero-order valence-electron chi connectivity index (χ0n) is 17.6. The van der Waals surface area contributed by atoms with Gasteiger partial charge in [0.2, 0.25) is 0 Å². The van der Waals surface area contributed by atoms with Crippen molar-refractivity contribution in [3.63, 3.8) is 0 Å². The van der Waals surface area contributed by atoms with Crippen LogP contribution in [0.2, 0.25) is 0 Å². The molecule has 2 amide bonds. The van der Waals surface area contributed by atoms with Crippen LogP contribution in [0.1, 0.15) is 12.1 Å². The Hall–Kier alpha value is -4.07. The van der Waals surface area contributed by atoms with Gasteiger partial charge in [-0.25, -0.2) is 9.78 Å². The fraction of sp³-hybridized carbons (Fsp3) is 0.208. The first-order valence-corrected chi connectivity index (χ1v) is 10.7. The highest BCUT2D eigenvalue weighted by Crippen LogP contribution is 2.40. The van der Waals surface area contributed by atoms with E-state index in [0.717, 1.165) is 47.7 Å². The lowest BCUT2D eigenvalue weighted by Crippen LogP contribution is -2.48. The molecule has 4 aromatic rings. The summed E-state index contributed by atoms with van der Waals surface area (Å²) in [5, 5.41) is 3.06. The van der Waals surface area contributed by atoms with Crippen LogP contribution in [0.4, 0.5) is 22.0 Å². The van der Waals surface area contributed by atoms with Crippen LogP contribution in [0.3, 0.4) is 0 Å². The minimum absolute atomic E-state index is 0.0745. The van der Waals surface area contributed by atoms with Crippen molar-refractivity contribution in [3.8, 4) is 11.3 Å². The quantitative estimate of drug-likeness (QED) is 0.524. The molecular formula is C24H21N7O. The van der Waals surface area contributed by atoms with Gasteiger partial charge < -0.3 is 10.2 Å². The predicted molar refractivity (Wildman–Crippen MR) is 124 cm³/mol. The Bertz CT molecular complexity index is 1350. The van der Waals surface area contributed by atoms with Crippen molar-refractivity contribution >= 4 is 34.3 Å². The van der Waals surface area contributed by atoms with E-state index in [-0.39, 0.29) is 12.1 Å². The average molecular weight is 423 g/mol. The number of anilines is 3. The van der Waals surface area contributed by atoms with Crippen LogP contribution in [0, 0.1) is 6.92 Å². The van der Waals surface area contributed by atoms with Crippen LogP contribution >= 0.6 is 0 Å². The standard InChI is InChI=1S/C24H21N7O/c1-15-13-16(7-9-25-15)18-5-6-21-23(28-18)31(17-8-12-30(21)14-17)24(32)29-20-4-2-3-19-22(20)27-11-10-26-19/h2-7,9-11,13,17H,8,12,14H2,1H3,(H,29,32). The first kappa shape index (κ1) is 18.7. The molecule has 0 radical (unpaired) electrons. The summed E-state index contributed by atoms with van der Waals surface area (Å²) in [6, 6.07) is 13.5. The zero-order valence-corrected chi connectivity index (χ0v) is 17.6. The molecule has 0 aliphatic carbocycles. The number of pyridine rings is 2. The molecule has 158 valence electrons. The predicted octanol–water partition coefficient (Wildman–Crippen LogP) is 4.03. The summed E-state index contributed by atoms with van der Waals surface area (Å²) in [5.74, 6) is 0.689. The van der Waals surface area contributed by atoms with E-state index in [0.29, 0.717) is 17.0 Å². The summed E-state index contributed by atoms with van der Waals surface area (Å²) in [5.41, 5.74) is 5.78. The molecule has 1 saturated heterocycles. The Balaban J connectivity index is 1.40.